The molecule has 1 rings (SSSR count). The van der Waals surface area contributed by atoms with E-state index in [1.807, 2.05) is 0 Å². The van der Waals surface area contributed by atoms with Gasteiger partial charge in [0.2, 0.25) is 0 Å². The third-order valence-corrected chi connectivity index (χ3v) is 2.02. The second-order valence-electron chi connectivity index (χ2n) is 2.30. The van der Waals surface area contributed by atoms with Gasteiger partial charge in [0.15, 0.2) is 16.6 Å². The second kappa shape index (κ2) is 4.48. The van der Waals surface area contributed by atoms with Crippen LogP contribution >= 0.6 is 23.2 Å². The summed E-state index contributed by atoms with van der Waals surface area (Å²) in [5.41, 5.74) is 0.0447. The fourth-order valence-electron chi connectivity index (χ4n) is 0.864. The summed E-state index contributed by atoms with van der Waals surface area (Å²) in [7, 11) is 2.66. The van der Waals surface area contributed by atoms with Crippen molar-refractivity contribution in [2.24, 2.45) is 0 Å². The highest BCUT2D eigenvalue weighted by atomic mass is 35.5. The fourth-order valence-corrected chi connectivity index (χ4v) is 1.45. The number of hydrogen-bond donors (Lipinski definition) is 0. The first-order valence-electron chi connectivity index (χ1n) is 3.58. The van der Waals surface area contributed by atoms with Crippen molar-refractivity contribution in [1.29, 1.82) is 0 Å². The summed E-state index contributed by atoms with van der Waals surface area (Å²) in [6.45, 7) is 0. The van der Waals surface area contributed by atoms with Crippen molar-refractivity contribution in [1.82, 2.24) is 4.98 Å². The number of methoxy groups -OCH3 is 2. The second-order valence-corrected chi connectivity index (χ2v) is 3.07. The minimum Gasteiger partial charge on any atom is -0.492 e. The average Bonchev–Trinajstić information content (AvgIpc) is 2.16. The first kappa shape index (κ1) is 11.1. The Bertz CT molecular complexity index is 345. The molecule has 0 amide bonds. The van der Waals surface area contributed by atoms with Crippen LogP contribution in [0.2, 0.25) is 10.2 Å². The van der Waals surface area contributed by atoms with Crippen molar-refractivity contribution in [2.75, 3.05) is 14.2 Å². The molecule has 0 saturated heterocycles. The number of nitrogens with zero attached hydrogens (tertiary/aromatic N) is 1. The summed E-state index contributed by atoms with van der Waals surface area (Å²) >= 11 is 11.5. The van der Waals surface area contributed by atoms with E-state index in [1.54, 1.807) is 0 Å². The van der Waals surface area contributed by atoms with Crippen LogP contribution in [-0.4, -0.2) is 25.2 Å². The predicted molar refractivity (Wildman–Crippen MR) is 52.1 cm³/mol. The molecule has 4 nitrogen and oxygen atoms in total. The van der Waals surface area contributed by atoms with Gasteiger partial charge in [0.05, 0.1) is 19.2 Å². The van der Waals surface area contributed by atoms with Crippen LogP contribution in [0.4, 0.5) is 0 Å². The van der Waals surface area contributed by atoms with Gasteiger partial charge in [-0.05, 0) is 6.07 Å². The third-order valence-electron chi connectivity index (χ3n) is 1.48. The number of halogens is 2. The number of carbonyl (C=O) groups excluding carboxylic acids is 1. The summed E-state index contributed by atoms with van der Waals surface area (Å²) in [6.07, 6.45) is 0. The van der Waals surface area contributed by atoms with Crippen molar-refractivity contribution >= 4 is 29.2 Å². The maximum atomic E-state index is 11.1. The van der Waals surface area contributed by atoms with Crippen molar-refractivity contribution in [3.05, 3.63) is 21.9 Å². The number of hydrogen-bond acceptors (Lipinski definition) is 4. The van der Waals surface area contributed by atoms with E-state index in [-0.39, 0.29) is 21.6 Å². The molecular formula is C8H7Cl2NO3. The Balaban J connectivity index is 3.20. The van der Waals surface area contributed by atoms with Crippen LogP contribution in [0.15, 0.2) is 6.07 Å². The van der Waals surface area contributed by atoms with Gasteiger partial charge in [-0.3, -0.25) is 0 Å². The van der Waals surface area contributed by atoms with E-state index in [0.29, 0.717) is 0 Å². The minimum absolute atomic E-state index is 0.0281. The fraction of sp³-hybridized carbons (Fsp3) is 0.250. The zero-order valence-electron chi connectivity index (χ0n) is 7.51. The van der Waals surface area contributed by atoms with Crippen molar-refractivity contribution in [2.45, 2.75) is 0 Å². The minimum atomic E-state index is -0.601. The van der Waals surface area contributed by atoms with Gasteiger partial charge in [-0.2, -0.15) is 0 Å². The highest BCUT2D eigenvalue weighted by molar-refractivity contribution is 6.36. The smallest absolute Gasteiger partial charge is 0.356 e. The maximum absolute atomic E-state index is 11.1. The molecule has 0 aliphatic heterocycles. The zero-order chi connectivity index (χ0) is 10.7. The molecule has 0 saturated carbocycles. The van der Waals surface area contributed by atoms with Crippen LogP contribution in [0.1, 0.15) is 10.5 Å². The highest BCUT2D eigenvalue weighted by Gasteiger charge is 2.15. The standard InChI is InChI=1S/C8H7Cl2NO3/c1-13-6-4(9)3-5(8(12)14-2)11-7(6)10/h3H,1-2H3. The molecule has 0 spiro atoms. The quantitative estimate of drug-likeness (QED) is 0.583. The first-order valence-corrected chi connectivity index (χ1v) is 4.34. The Hall–Kier alpha value is -1.00. The Morgan fingerprint density at radius 3 is 2.50 bits per heavy atom. The van der Waals surface area contributed by atoms with Gasteiger partial charge in [0.25, 0.3) is 0 Å². The topological polar surface area (TPSA) is 48.4 Å². The monoisotopic (exact) mass is 235 g/mol. The molecule has 14 heavy (non-hydrogen) atoms. The van der Waals surface area contributed by atoms with Gasteiger partial charge in [-0.15, -0.1) is 0 Å². The molecule has 0 aliphatic carbocycles. The molecule has 1 heterocycles. The Morgan fingerprint density at radius 2 is 2.07 bits per heavy atom. The zero-order valence-corrected chi connectivity index (χ0v) is 9.02. The third kappa shape index (κ3) is 2.08. The summed E-state index contributed by atoms with van der Waals surface area (Å²) in [5, 5.41) is 0.244. The number of ether oxygens (including phenoxy) is 2. The van der Waals surface area contributed by atoms with Gasteiger partial charge >= 0.3 is 5.97 Å². The summed E-state index contributed by atoms with van der Waals surface area (Å²) in [4.78, 5) is 14.8. The van der Waals surface area contributed by atoms with E-state index in [1.165, 1.54) is 20.3 Å². The molecule has 6 heteroatoms. The summed E-state index contributed by atoms with van der Waals surface area (Å²) in [6, 6.07) is 1.33. The lowest BCUT2D eigenvalue weighted by atomic mass is 10.3. The van der Waals surface area contributed by atoms with Gasteiger partial charge in [0.1, 0.15) is 0 Å². The molecule has 0 unspecified atom stereocenters. The van der Waals surface area contributed by atoms with E-state index < -0.39 is 5.97 Å². The SMILES string of the molecule is COC(=O)c1cc(Cl)c(OC)c(Cl)n1. The van der Waals surface area contributed by atoms with Gasteiger partial charge in [0, 0.05) is 0 Å². The van der Waals surface area contributed by atoms with Crippen molar-refractivity contribution < 1.29 is 14.3 Å². The van der Waals surface area contributed by atoms with Gasteiger partial charge in [-0.25, -0.2) is 9.78 Å². The molecule has 0 aromatic carbocycles. The largest absolute Gasteiger partial charge is 0.492 e. The lowest BCUT2D eigenvalue weighted by Gasteiger charge is -2.06. The molecular weight excluding hydrogens is 229 g/mol. The van der Waals surface area contributed by atoms with Crippen LogP contribution in [-0.2, 0) is 4.74 Å². The molecule has 0 bridgehead atoms. The average molecular weight is 236 g/mol. The summed E-state index contributed by atoms with van der Waals surface area (Å²) in [5.74, 6) is -0.363. The normalized spacial score (nSPS) is 9.71. The van der Waals surface area contributed by atoms with Gasteiger partial charge < -0.3 is 9.47 Å². The molecule has 0 N–H and O–H groups in total. The molecule has 0 fully saturated rings. The van der Waals surface area contributed by atoms with Crippen LogP contribution in [0, 0.1) is 0 Å². The van der Waals surface area contributed by atoms with Crippen LogP contribution in [0.25, 0.3) is 0 Å². The van der Waals surface area contributed by atoms with Crippen LogP contribution < -0.4 is 4.74 Å². The lowest BCUT2D eigenvalue weighted by molar-refractivity contribution is 0.0594. The number of rotatable bonds is 2. The van der Waals surface area contributed by atoms with Crippen LogP contribution in [0.3, 0.4) is 0 Å². The van der Waals surface area contributed by atoms with Gasteiger partial charge in [-0.1, -0.05) is 23.2 Å². The number of pyridine rings is 1. The lowest BCUT2D eigenvalue weighted by Crippen LogP contribution is -2.05. The Morgan fingerprint density at radius 1 is 1.43 bits per heavy atom. The van der Waals surface area contributed by atoms with E-state index in [9.17, 15) is 4.79 Å². The number of carbonyl (C=O) groups is 1. The predicted octanol–water partition coefficient (Wildman–Crippen LogP) is 2.18. The maximum Gasteiger partial charge on any atom is 0.356 e. The number of esters is 1. The van der Waals surface area contributed by atoms with E-state index in [4.69, 9.17) is 27.9 Å². The van der Waals surface area contributed by atoms with Crippen LogP contribution in [0.5, 0.6) is 5.75 Å². The highest BCUT2D eigenvalue weighted by Crippen LogP contribution is 2.31. The molecule has 0 radical (unpaired) electrons. The van der Waals surface area contributed by atoms with E-state index in [2.05, 4.69) is 9.72 Å². The Kier molecular flexibility index (Phi) is 3.55. The van der Waals surface area contributed by atoms with Crippen molar-refractivity contribution in [3.8, 4) is 5.75 Å². The summed E-state index contributed by atoms with van der Waals surface area (Å²) < 4.78 is 9.33. The first-order chi connectivity index (χ1) is 6.60. The molecule has 0 aliphatic rings. The van der Waals surface area contributed by atoms with E-state index >= 15 is 0 Å². The molecule has 1 aromatic heterocycles. The van der Waals surface area contributed by atoms with Crippen molar-refractivity contribution in [3.63, 3.8) is 0 Å². The Labute approximate surface area is 90.7 Å². The van der Waals surface area contributed by atoms with E-state index in [0.717, 1.165) is 0 Å². The molecule has 76 valence electrons. The number of aromatic nitrogens is 1. The molecule has 0 atom stereocenters. The molecule has 1 aromatic rings.